The Morgan fingerprint density at radius 2 is 1.75 bits per heavy atom. The summed E-state index contributed by atoms with van der Waals surface area (Å²) < 4.78 is 25.6. The average Bonchev–Trinajstić information content (AvgIpc) is 3.51. The van der Waals surface area contributed by atoms with E-state index in [0.29, 0.717) is 18.4 Å². The summed E-state index contributed by atoms with van der Waals surface area (Å²) in [5, 5.41) is 17.9. The number of rotatable bonds is 7. The average molecular weight is 629 g/mol. The maximum atomic E-state index is 12.7. The number of nitrogen functional groups attached to an aromatic ring is 1. The molecule has 4 N–H and O–H groups in total. The lowest BCUT2D eigenvalue weighted by molar-refractivity contribution is -0.134. The van der Waals surface area contributed by atoms with Gasteiger partial charge in [-0.05, 0) is 70.0 Å². The first-order valence-corrected chi connectivity index (χ1v) is 17.5. The zero-order valence-electron chi connectivity index (χ0n) is 25.7. The van der Waals surface area contributed by atoms with Crippen molar-refractivity contribution < 1.29 is 23.1 Å². The van der Waals surface area contributed by atoms with Crippen LogP contribution in [0.15, 0.2) is 29.4 Å². The lowest BCUT2D eigenvalue weighted by Gasteiger charge is -2.40. The van der Waals surface area contributed by atoms with Crippen molar-refractivity contribution in [2.24, 2.45) is 5.92 Å². The van der Waals surface area contributed by atoms with Crippen molar-refractivity contribution in [3.63, 3.8) is 0 Å². The van der Waals surface area contributed by atoms with Crippen LogP contribution >= 0.6 is 0 Å². The van der Waals surface area contributed by atoms with Crippen LogP contribution in [0.4, 0.5) is 22.7 Å². The molecule has 4 heterocycles. The molecule has 1 aromatic heterocycles. The molecule has 3 aliphatic heterocycles. The number of nitrogens with two attached hydrogens (primary N) is 1. The number of sulfone groups is 1. The van der Waals surface area contributed by atoms with Crippen LogP contribution in [-0.4, -0.2) is 98.4 Å². The topological polar surface area (TPSA) is 157 Å². The Morgan fingerprint density at radius 1 is 1.07 bits per heavy atom. The van der Waals surface area contributed by atoms with Crippen LogP contribution in [0.25, 0.3) is 0 Å². The first-order valence-electron chi connectivity index (χ1n) is 15.6. The number of piperidine rings is 2. The lowest BCUT2D eigenvalue weighted by atomic mass is 9.85. The number of benzene rings is 1. The number of carbonyl (C=O) groups excluding carboxylic acids is 2. The van der Waals surface area contributed by atoms with E-state index < -0.39 is 22.2 Å². The third-order valence-corrected chi connectivity index (χ3v) is 11.0. The second-order valence-corrected chi connectivity index (χ2v) is 14.9. The summed E-state index contributed by atoms with van der Waals surface area (Å²) in [5.41, 5.74) is 8.93. The van der Waals surface area contributed by atoms with Crippen LogP contribution in [0, 0.1) is 5.92 Å². The van der Waals surface area contributed by atoms with Crippen molar-refractivity contribution in [1.29, 1.82) is 0 Å². The molecule has 2 aromatic rings. The number of nitrogens with one attached hydrogen (secondary N) is 1. The molecular weight excluding hydrogens is 584 g/mol. The third-order valence-electron chi connectivity index (χ3n) is 10.0. The summed E-state index contributed by atoms with van der Waals surface area (Å²) in [6, 6.07) is 6.06. The van der Waals surface area contributed by atoms with E-state index in [0.717, 1.165) is 81.5 Å². The maximum absolute atomic E-state index is 12.7. The lowest BCUT2D eigenvalue weighted by Crippen LogP contribution is -2.56. The molecule has 0 spiro atoms. The Balaban J connectivity index is 1.04. The zero-order valence-corrected chi connectivity index (χ0v) is 26.5. The summed E-state index contributed by atoms with van der Waals surface area (Å²) in [4.78, 5) is 32.8. The fourth-order valence-electron chi connectivity index (χ4n) is 7.61. The van der Waals surface area contributed by atoms with Gasteiger partial charge in [0.2, 0.25) is 18.2 Å². The highest BCUT2D eigenvalue weighted by Gasteiger charge is 2.43. The molecule has 13 nitrogen and oxygen atoms in total. The van der Waals surface area contributed by atoms with E-state index in [9.17, 15) is 23.1 Å². The van der Waals surface area contributed by atoms with Gasteiger partial charge in [-0.15, -0.1) is 0 Å². The van der Waals surface area contributed by atoms with Crippen LogP contribution in [0.5, 0.6) is 0 Å². The minimum Gasteiger partial charge on any atom is -0.395 e. The van der Waals surface area contributed by atoms with E-state index in [2.05, 4.69) is 33.3 Å². The molecule has 1 aliphatic carbocycles. The second kappa shape index (κ2) is 11.9. The van der Waals surface area contributed by atoms with Gasteiger partial charge in [0.15, 0.2) is 14.9 Å². The fraction of sp³-hybridized carbons (Fsp3) is 0.633. The van der Waals surface area contributed by atoms with Gasteiger partial charge >= 0.3 is 0 Å². The summed E-state index contributed by atoms with van der Waals surface area (Å²) in [6.45, 7) is 2.82. The normalized spacial score (nSPS) is 26.8. The van der Waals surface area contributed by atoms with E-state index in [1.165, 1.54) is 0 Å². The van der Waals surface area contributed by atoms with Gasteiger partial charge in [0.05, 0.1) is 28.8 Å². The predicted octanol–water partition coefficient (Wildman–Crippen LogP) is 1.54. The van der Waals surface area contributed by atoms with Gasteiger partial charge in [0, 0.05) is 51.6 Å². The number of para-hydroxylation sites is 1. The number of hydrogen-bond donors (Lipinski definition) is 3. The molecule has 4 aliphatic rings. The number of aliphatic hydroxyl groups is 1. The van der Waals surface area contributed by atoms with Crippen molar-refractivity contribution in [1.82, 2.24) is 20.0 Å². The molecule has 14 heteroatoms. The molecule has 2 amide bonds. The van der Waals surface area contributed by atoms with Crippen LogP contribution < -0.4 is 25.8 Å². The largest absolute Gasteiger partial charge is 0.395 e. The van der Waals surface area contributed by atoms with Crippen molar-refractivity contribution >= 4 is 44.4 Å². The molecule has 6 rings (SSSR count). The van der Waals surface area contributed by atoms with E-state index >= 15 is 0 Å². The molecule has 3 fully saturated rings. The number of hydrogen-bond acceptors (Lipinski definition) is 11. The summed E-state index contributed by atoms with van der Waals surface area (Å²) in [7, 11) is 0.632. The Kier molecular flexibility index (Phi) is 8.26. The second-order valence-electron chi connectivity index (χ2n) is 13.0. The fourth-order valence-corrected chi connectivity index (χ4v) is 8.33. The summed E-state index contributed by atoms with van der Waals surface area (Å²) in [5.74, 6) is -0.0496. The molecule has 0 bridgehead atoms. The number of imide groups is 1. The molecule has 2 unspecified atom stereocenters. The van der Waals surface area contributed by atoms with Gasteiger partial charge < -0.3 is 30.4 Å². The van der Waals surface area contributed by atoms with Crippen molar-refractivity contribution in [2.45, 2.75) is 80.9 Å². The van der Waals surface area contributed by atoms with E-state index in [-0.39, 0.29) is 35.0 Å². The van der Waals surface area contributed by atoms with Gasteiger partial charge in [0.1, 0.15) is 6.04 Å². The minimum atomic E-state index is -3.44. The highest BCUT2D eigenvalue weighted by atomic mass is 32.2. The number of aromatic nitrogens is 2. The predicted molar refractivity (Wildman–Crippen MR) is 168 cm³/mol. The molecule has 2 atom stereocenters. The Bertz CT molecular complexity index is 1510. The summed E-state index contributed by atoms with van der Waals surface area (Å²) in [6.07, 6.45) is 8.54. The molecule has 0 radical (unpaired) electrons. The molecular formula is C30H44N8O5S. The van der Waals surface area contributed by atoms with Crippen LogP contribution in [-0.2, 0) is 19.4 Å². The van der Waals surface area contributed by atoms with Gasteiger partial charge in [-0.3, -0.25) is 19.6 Å². The van der Waals surface area contributed by atoms with Gasteiger partial charge in [-0.2, -0.15) is 5.10 Å². The van der Waals surface area contributed by atoms with Crippen LogP contribution in [0.3, 0.4) is 0 Å². The Morgan fingerprint density at radius 3 is 2.39 bits per heavy atom. The molecule has 44 heavy (non-hydrogen) atoms. The highest BCUT2D eigenvalue weighted by molar-refractivity contribution is 7.90. The number of aliphatic hydroxyl groups excluding tert-OH is 1. The smallest absolute Gasteiger partial charge is 0.249 e. The van der Waals surface area contributed by atoms with Gasteiger partial charge in [0.25, 0.3) is 0 Å². The highest BCUT2D eigenvalue weighted by Crippen LogP contribution is 2.47. The van der Waals surface area contributed by atoms with Gasteiger partial charge in [-0.25, -0.2) is 8.42 Å². The van der Waals surface area contributed by atoms with Crippen molar-refractivity contribution in [2.75, 3.05) is 60.4 Å². The molecule has 1 saturated carbocycles. The first-order chi connectivity index (χ1) is 20.9. The SMILES string of the molecule is CN(CC1CCC(n2cc(N)c(S(C)(=O)=O)n2)CC1)C1CCN(c2cccc3c2N(C)C(O)N3C2CCC(=O)NC2=O)CC1. The van der Waals surface area contributed by atoms with E-state index in [4.69, 9.17) is 5.73 Å². The van der Waals surface area contributed by atoms with Crippen LogP contribution in [0.1, 0.15) is 57.4 Å². The van der Waals surface area contributed by atoms with Gasteiger partial charge in [-0.1, -0.05) is 6.07 Å². The molecule has 1 aromatic carbocycles. The Labute approximate surface area is 258 Å². The number of nitrogens with zero attached hydrogens (tertiary/aromatic N) is 6. The van der Waals surface area contributed by atoms with Crippen LogP contribution in [0.2, 0.25) is 0 Å². The standard InChI is InChI=1S/C30H44N8O5S/c1-34(17-19-7-9-21(10-8-19)37-18-22(31)29(33-37)44(3,42)43)20-13-15-36(16-14-20)23-5-4-6-24-27(23)35(2)30(41)38(24)25-11-12-26(39)32-28(25)40/h4-6,18-21,25,30,41H,7-17,31H2,1-3H3,(H,32,39,40). The summed E-state index contributed by atoms with van der Waals surface area (Å²) >= 11 is 0. The minimum absolute atomic E-state index is 0.0272. The van der Waals surface area contributed by atoms with Crippen molar-refractivity contribution in [3.8, 4) is 0 Å². The number of amides is 2. The molecule has 240 valence electrons. The monoisotopic (exact) mass is 628 g/mol. The number of fused-ring (bicyclic) bond motifs is 1. The third kappa shape index (κ3) is 5.74. The zero-order chi connectivity index (χ0) is 31.3. The molecule has 2 saturated heterocycles. The number of anilines is 4. The van der Waals surface area contributed by atoms with Crippen molar-refractivity contribution in [3.05, 3.63) is 24.4 Å². The first kappa shape index (κ1) is 30.7. The number of carbonyl (C=O) groups is 2. The van der Waals surface area contributed by atoms with E-state index in [1.54, 1.807) is 15.8 Å². The quantitative estimate of drug-likeness (QED) is 0.382. The Hall–Kier alpha value is -3.36. The van der Waals surface area contributed by atoms with E-state index in [1.807, 2.05) is 24.1 Å². The maximum Gasteiger partial charge on any atom is 0.249 e.